The van der Waals surface area contributed by atoms with E-state index in [9.17, 15) is 5.11 Å². The molecule has 0 bridgehead atoms. The Bertz CT molecular complexity index is 628. The van der Waals surface area contributed by atoms with Gasteiger partial charge in [0.05, 0.1) is 17.7 Å². The minimum absolute atomic E-state index is 0.535. The van der Waals surface area contributed by atoms with E-state index in [1.165, 1.54) is 5.56 Å². The molecule has 0 spiro atoms. The maximum Gasteiger partial charge on any atom is 0.0991 e. The van der Waals surface area contributed by atoms with E-state index < -0.39 is 6.10 Å². The summed E-state index contributed by atoms with van der Waals surface area (Å²) in [4.78, 5) is 2.16. The fraction of sp³-hybridized carbons (Fsp3) is 0.278. The van der Waals surface area contributed by atoms with E-state index in [0.717, 1.165) is 17.8 Å². The number of benzene rings is 2. The van der Waals surface area contributed by atoms with Gasteiger partial charge >= 0.3 is 0 Å². The molecule has 0 aliphatic carbocycles. The van der Waals surface area contributed by atoms with Crippen molar-refractivity contribution in [3.8, 4) is 6.07 Å². The second-order valence-corrected chi connectivity index (χ2v) is 5.07. The molecule has 0 aliphatic rings. The van der Waals surface area contributed by atoms with Crippen LogP contribution in [0.3, 0.4) is 0 Å². The standard InChI is InChI=1S/C18H20N2O/c1-3-20(17-7-5-4-6-14(17)2)13-18(21)16-10-8-15(12-19)9-11-16/h4-11,18,21H,3,13H2,1-2H3. The van der Waals surface area contributed by atoms with Gasteiger partial charge in [0.15, 0.2) is 0 Å². The van der Waals surface area contributed by atoms with E-state index >= 15 is 0 Å². The second-order valence-electron chi connectivity index (χ2n) is 5.07. The zero-order valence-corrected chi connectivity index (χ0v) is 12.5. The van der Waals surface area contributed by atoms with Crippen molar-refractivity contribution in [1.29, 1.82) is 5.26 Å². The molecule has 1 N–H and O–H groups in total. The van der Waals surface area contributed by atoms with Gasteiger partial charge in [0, 0.05) is 18.8 Å². The van der Waals surface area contributed by atoms with Gasteiger partial charge in [0.25, 0.3) is 0 Å². The van der Waals surface area contributed by atoms with Crippen molar-refractivity contribution >= 4 is 5.69 Å². The fourth-order valence-electron chi connectivity index (χ4n) is 2.41. The number of rotatable bonds is 5. The van der Waals surface area contributed by atoms with Gasteiger partial charge in [0.1, 0.15) is 0 Å². The topological polar surface area (TPSA) is 47.3 Å². The van der Waals surface area contributed by atoms with Crippen LogP contribution in [-0.4, -0.2) is 18.2 Å². The van der Waals surface area contributed by atoms with Crippen molar-refractivity contribution in [1.82, 2.24) is 0 Å². The number of nitrogens with zero attached hydrogens (tertiary/aromatic N) is 2. The van der Waals surface area contributed by atoms with Crippen LogP contribution in [0.25, 0.3) is 0 Å². The predicted octanol–water partition coefficient (Wildman–Crippen LogP) is 3.43. The number of anilines is 1. The van der Waals surface area contributed by atoms with Crippen molar-refractivity contribution in [3.63, 3.8) is 0 Å². The summed E-state index contributed by atoms with van der Waals surface area (Å²) in [7, 11) is 0. The number of aryl methyl sites for hydroxylation is 1. The molecule has 0 fully saturated rings. The zero-order valence-electron chi connectivity index (χ0n) is 12.5. The molecular weight excluding hydrogens is 260 g/mol. The number of aliphatic hydroxyl groups is 1. The van der Waals surface area contributed by atoms with Crippen molar-refractivity contribution in [2.24, 2.45) is 0 Å². The molecule has 1 atom stereocenters. The third kappa shape index (κ3) is 3.62. The van der Waals surface area contributed by atoms with Gasteiger partial charge < -0.3 is 10.0 Å². The third-order valence-electron chi connectivity index (χ3n) is 3.66. The fourth-order valence-corrected chi connectivity index (χ4v) is 2.41. The van der Waals surface area contributed by atoms with Crippen LogP contribution in [0.4, 0.5) is 5.69 Å². The molecule has 2 rings (SSSR count). The molecule has 0 aliphatic heterocycles. The summed E-state index contributed by atoms with van der Waals surface area (Å²) in [6.45, 7) is 5.52. The Morgan fingerprint density at radius 3 is 2.38 bits per heavy atom. The minimum Gasteiger partial charge on any atom is -0.387 e. The Hall–Kier alpha value is -2.31. The minimum atomic E-state index is -0.572. The summed E-state index contributed by atoms with van der Waals surface area (Å²) in [5, 5.41) is 19.2. The lowest BCUT2D eigenvalue weighted by atomic mass is 10.1. The number of nitriles is 1. The molecule has 3 heteroatoms. The molecule has 108 valence electrons. The van der Waals surface area contributed by atoms with Crippen molar-refractivity contribution in [2.75, 3.05) is 18.0 Å². The first kappa shape index (κ1) is 15.1. The summed E-state index contributed by atoms with van der Waals surface area (Å²) in [6, 6.07) is 17.4. The average Bonchev–Trinajstić information content (AvgIpc) is 2.53. The molecule has 0 aromatic heterocycles. The molecule has 2 aromatic rings. The summed E-state index contributed by atoms with van der Waals surface area (Å²) in [6.07, 6.45) is -0.572. The maximum absolute atomic E-state index is 10.4. The molecule has 0 amide bonds. The van der Waals surface area contributed by atoms with Crippen molar-refractivity contribution in [3.05, 3.63) is 65.2 Å². The molecule has 1 unspecified atom stereocenters. The first-order valence-corrected chi connectivity index (χ1v) is 7.14. The normalized spacial score (nSPS) is 11.7. The second kappa shape index (κ2) is 6.92. The third-order valence-corrected chi connectivity index (χ3v) is 3.66. The molecular formula is C18H20N2O. The Balaban J connectivity index is 2.14. The van der Waals surface area contributed by atoms with Crippen LogP contribution >= 0.6 is 0 Å². The van der Waals surface area contributed by atoms with Gasteiger partial charge in [-0.2, -0.15) is 5.26 Å². The summed E-state index contributed by atoms with van der Waals surface area (Å²) in [5.41, 5.74) is 3.79. The van der Waals surface area contributed by atoms with Crippen molar-refractivity contribution < 1.29 is 5.11 Å². The highest BCUT2D eigenvalue weighted by molar-refractivity contribution is 5.53. The number of hydrogen-bond acceptors (Lipinski definition) is 3. The highest BCUT2D eigenvalue weighted by Gasteiger charge is 2.14. The van der Waals surface area contributed by atoms with E-state index in [1.54, 1.807) is 12.1 Å². The van der Waals surface area contributed by atoms with Gasteiger partial charge in [-0.1, -0.05) is 30.3 Å². The lowest BCUT2D eigenvalue weighted by Gasteiger charge is -2.27. The highest BCUT2D eigenvalue weighted by atomic mass is 16.3. The molecule has 0 radical (unpaired) electrons. The quantitative estimate of drug-likeness (QED) is 0.912. The van der Waals surface area contributed by atoms with Crippen LogP contribution < -0.4 is 4.90 Å². The number of likely N-dealkylation sites (N-methyl/N-ethyl adjacent to an activating group) is 1. The monoisotopic (exact) mass is 280 g/mol. The van der Waals surface area contributed by atoms with Gasteiger partial charge in [-0.3, -0.25) is 0 Å². The Morgan fingerprint density at radius 1 is 1.14 bits per heavy atom. The predicted molar refractivity (Wildman–Crippen MR) is 85.2 cm³/mol. The summed E-state index contributed by atoms with van der Waals surface area (Å²) >= 11 is 0. The molecule has 0 saturated carbocycles. The van der Waals surface area contributed by atoms with Gasteiger partial charge in [-0.15, -0.1) is 0 Å². The highest BCUT2D eigenvalue weighted by Crippen LogP contribution is 2.23. The Labute approximate surface area is 126 Å². The van der Waals surface area contributed by atoms with E-state index in [1.807, 2.05) is 24.3 Å². The largest absolute Gasteiger partial charge is 0.387 e. The molecule has 0 saturated heterocycles. The van der Waals surface area contributed by atoms with Gasteiger partial charge in [-0.25, -0.2) is 0 Å². The summed E-state index contributed by atoms with van der Waals surface area (Å²) in [5.74, 6) is 0. The smallest absolute Gasteiger partial charge is 0.0991 e. The first-order chi connectivity index (χ1) is 10.2. The lowest BCUT2D eigenvalue weighted by Crippen LogP contribution is -2.28. The number of aliphatic hydroxyl groups excluding tert-OH is 1. The van der Waals surface area contributed by atoms with E-state index in [0.29, 0.717) is 12.1 Å². The SMILES string of the molecule is CCN(CC(O)c1ccc(C#N)cc1)c1ccccc1C. The van der Waals surface area contributed by atoms with Gasteiger partial charge in [0.2, 0.25) is 0 Å². The number of para-hydroxylation sites is 1. The van der Waals surface area contributed by atoms with Crippen LogP contribution in [0, 0.1) is 18.3 Å². The van der Waals surface area contributed by atoms with Crippen LogP contribution in [-0.2, 0) is 0 Å². The Morgan fingerprint density at radius 2 is 1.81 bits per heavy atom. The van der Waals surface area contributed by atoms with E-state index in [2.05, 4.69) is 36.9 Å². The van der Waals surface area contributed by atoms with Crippen LogP contribution in [0.5, 0.6) is 0 Å². The first-order valence-electron chi connectivity index (χ1n) is 7.14. The van der Waals surface area contributed by atoms with Crippen LogP contribution in [0.15, 0.2) is 48.5 Å². The summed E-state index contributed by atoms with van der Waals surface area (Å²) < 4.78 is 0. The van der Waals surface area contributed by atoms with E-state index in [4.69, 9.17) is 5.26 Å². The maximum atomic E-state index is 10.4. The molecule has 2 aromatic carbocycles. The molecule has 0 heterocycles. The zero-order chi connectivity index (χ0) is 15.2. The van der Waals surface area contributed by atoms with E-state index in [-0.39, 0.29) is 0 Å². The average molecular weight is 280 g/mol. The van der Waals surface area contributed by atoms with Crippen molar-refractivity contribution in [2.45, 2.75) is 20.0 Å². The lowest BCUT2D eigenvalue weighted by molar-refractivity contribution is 0.183. The Kier molecular flexibility index (Phi) is 4.97. The number of hydrogen-bond donors (Lipinski definition) is 1. The molecule has 3 nitrogen and oxygen atoms in total. The molecule has 21 heavy (non-hydrogen) atoms. The van der Waals surface area contributed by atoms with Gasteiger partial charge in [-0.05, 0) is 43.2 Å². The van der Waals surface area contributed by atoms with Crippen LogP contribution in [0.2, 0.25) is 0 Å². The van der Waals surface area contributed by atoms with Crippen LogP contribution in [0.1, 0.15) is 29.7 Å².